The number of phenols is 1. The van der Waals surface area contributed by atoms with Crippen LogP contribution in [0, 0.1) is 10.1 Å². The molecule has 1 amide bonds. The number of para-hydroxylation sites is 1. The Hall–Kier alpha value is -3.22. The predicted octanol–water partition coefficient (Wildman–Crippen LogP) is 1.99. The number of carbonyl (C=O) groups is 1. The lowest BCUT2D eigenvalue weighted by atomic mass is 10.1. The van der Waals surface area contributed by atoms with Crippen LogP contribution >= 0.6 is 0 Å². The summed E-state index contributed by atoms with van der Waals surface area (Å²) in [5.74, 6) is -0.295. The molecule has 0 fully saturated rings. The number of nitro groups is 1. The van der Waals surface area contributed by atoms with E-state index in [1.54, 1.807) is 18.2 Å². The van der Waals surface area contributed by atoms with Gasteiger partial charge in [-0.25, -0.2) is 5.43 Å². The van der Waals surface area contributed by atoms with Gasteiger partial charge in [0.25, 0.3) is 5.69 Å². The third kappa shape index (κ3) is 4.14. The zero-order valence-electron chi connectivity index (χ0n) is 11.5. The molecule has 0 aromatic heterocycles. The average molecular weight is 299 g/mol. The predicted molar refractivity (Wildman–Crippen MR) is 80.6 cm³/mol. The molecule has 2 N–H and O–H groups in total. The van der Waals surface area contributed by atoms with E-state index >= 15 is 0 Å². The summed E-state index contributed by atoms with van der Waals surface area (Å²) in [6.07, 6.45) is 1.39. The van der Waals surface area contributed by atoms with E-state index in [9.17, 15) is 20.0 Å². The fraction of sp³-hybridized carbons (Fsp3) is 0.0667. The maximum absolute atomic E-state index is 11.7. The molecule has 2 aromatic rings. The summed E-state index contributed by atoms with van der Waals surface area (Å²) in [5.41, 5.74) is 3.43. The molecule has 112 valence electrons. The number of hydrogen-bond acceptors (Lipinski definition) is 5. The molecule has 0 radical (unpaired) electrons. The second-order valence-corrected chi connectivity index (χ2v) is 4.45. The minimum atomic E-state index is -0.500. The fourth-order valence-corrected chi connectivity index (χ4v) is 1.73. The van der Waals surface area contributed by atoms with Crippen LogP contribution in [0.2, 0.25) is 0 Å². The first-order chi connectivity index (χ1) is 10.6. The van der Waals surface area contributed by atoms with E-state index in [1.165, 1.54) is 36.5 Å². The van der Waals surface area contributed by atoms with Gasteiger partial charge in [-0.15, -0.1) is 0 Å². The molecule has 0 spiro atoms. The van der Waals surface area contributed by atoms with Crippen LogP contribution in [0.3, 0.4) is 0 Å². The number of amides is 1. The zero-order chi connectivity index (χ0) is 15.9. The number of phenolic OH excluding ortho intramolecular Hbond substituents is 1. The van der Waals surface area contributed by atoms with Crippen molar-refractivity contribution in [1.82, 2.24) is 5.43 Å². The van der Waals surface area contributed by atoms with Crippen molar-refractivity contribution in [1.29, 1.82) is 0 Å². The molecule has 0 aliphatic carbocycles. The monoisotopic (exact) mass is 299 g/mol. The summed E-state index contributed by atoms with van der Waals surface area (Å²) in [5, 5.41) is 23.8. The standard InChI is InChI=1S/C15H13N3O4/c19-14-4-2-1-3-12(14)10-16-17-15(20)9-11-5-7-13(8-6-11)18(21)22/h1-8,10,19H,9H2,(H,17,20)/b16-10-. The molecule has 7 nitrogen and oxygen atoms in total. The van der Waals surface area contributed by atoms with Gasteiger partial charge in [-0.1, -0.05) is 24.3 Å². The first kappa shape index (κ1) is 15.2. The van der Waals surface area contributed by atoms with Crippen LogP contribution in [0.25, 0.3) is 0 Å². The molecular weight excluding hydrogens is 286 g/mol. The fourth-order valence-electron chi connectivity index (χ4n) is 1.73. The number of nitrogens with one attached hydrogen (secondary N) is 1. The lowest BCUT2D eigenvalue weighted by molar-refractivity contribution is -0.384. The van der Waals surface area contributed by atoms with E-state index in [4.69, 9.17) is 0 Å². The smallest absolute Gasteiger partial charge is 0.269 e. The third-order valence-corrected chi connectivity index (χ3v) is 2.84. The van der Waals surface area contributed by atoms with Gasteiger partial charge in [0.15, 0.2) is 0 Å². The molecule has 2 aromatic carbocycles. The average Bonchev–Trinajstić information content (AvgIpc) is 2.50. The molecule has 0 saturated carbocycles. The molecule has 0 unspecified atom stereocenters. The zero-order valence-corrected chi connectivity index (χ0v) is 11.5. The van der Waals surface area contributed by atoms with Crippen molar-refractivity contribution in [2.45, 2.75) is 6.42 Å². The number of carbonyl (C=O) groups excluding carboxylic acids is 1. The van der Waals surface area contributed by atoms with Crippen molar-refractivity contribution < 1.29 is 14.8 Å². The van der Waals surface area contributed by atoms with Gasteiger partial charge in [0.1, 0.15) is 5.75 Å². The van der Waals surface area contributed by atoms with Crippen molar-refractivity contribution >= 4 is 17.8 Å². The van der Waals surface area contributed by atoms with Crippen LogP contribution in [-0.4, -0.2) is 22.2 Å². The number of hydrogen-bond donors (Lipinski definition) is 2. The van der Waals surface area contributed by atoms with Gasteiger partial charge in [0, 0.05) is 17.7 Å². The van der Waals surface area contributed by atoms with Gasteiger partial charge in [-0.2, -0.15) is 5.10 Å². The number of benzene rings is 2. The summed E-state index contributed by atoms with van der Waals surface area (Å²) in [6.45, 7) is 0. The van der Waals surface area contributed by atoms with Gasteiger partial charge in [0.2, 0.25) is 5.91 Å². The van der Waals surface area contributed by atoms with Gasteiger partial charge in [-0.3, -0.25) is 14.9 Å². The summed E-state index contributed by atoms with van der Waals surface area (Å²) < 4.78 is 0. The molecule has 0 atom stereocenters. The highest BCUT2D eigenvalue weighted by Crippen LogP contribution is 2.13. The molecule has 0 saturated heterocycles. The van der Waals surface area contributed by atoms with Crippen molar-refractivity contribution in [3.05, 3.63) is 69.8 Å². The Kier molecular flexibility index (Phi) is 4.81. The number of aromatic hydroxyl groups is 1. The number of rotatable bonds is 5. The van der Waals surface area contributed by atoms with Gasteiger partial charge in [0.05, 0.1) is 17.6 Å². The molecule has 0 aliphatic rings. The first-order valence-electron chi connectivity index (χ1n) is 6.39. The Morgan fingerprint density at radius 3 is 2.55 bits per heavy atom. The number of nitrogens with zero attached hydrogens (tertiary/aromatic N) is 2. The van der Waals surface area contributed by atoms with Crippen LogP contribution in [0.15, 0.2) is 53.6 Å². The summed E-state index contributed by atoms with van der Waals surface area (Å²) in [6, 6.07) is 12.3. The second kappa shape index (κ2) is 6.98. The SMILES string of the molecule is O=C(Cc1ccc([N+](=O)[O-])cc1)N/N=C\c1ccccc1O. The van der Waals surface area contributed by atoms with Crippen LogP contribution in [0.5, 0.6) is 5.75 Å². The second-order valence-electron chi connectivity index (χ2n) is 4.45. The number of non-ortho nitro benzene ring substituents is 1. The highest BCUT2D eigenvalue weighted by molar-refractivity contribution is 5.85. The maximum Gasteiger partial charge on any atom is 0.269 e. The minimum Gasteiger partial charge on any atom is -0.507 e. The van der Waals surface area contributed by atoms with E-state index < -0.39 is 4.92 Å². The first-order valence-corrected chi connectivity index (χ1v) is 6.39. The Labute approximate surface area is 126 Å². The molecule has 0 heterocycles. The van der Waals surface area contributed by atoms with E-state index in [0.717, 1.165) is 0 Å². The Morgan fingerprint density at radius 2 is 1.91 bits per heavy atom. The van der Waals surface area contributed by atoms with Crippen molar-refractivity contribution in [2.24, 2.45) is 5.10 Å². The number of hydrazone groups is 1. The molecular formula is C15H13N3O4. The lowest BCUT2D eigenvalue weighted by Crippen LogP contribution is -2.19. The molecule has 22 heavy (non-hydrogen) atoms. The highest BCUT2D eigenvalue weighted by Gasteiger charge is 2.06. The van der Waals surface area contributed by atoms with E-state index in [1.807, 2.05) is 0 Å². The van der Waals surface area contributed by atoms with Crippen LogP contribution in [0.1, 0.15) is 11.1 Å². The summed E-state index contributed by atoms with van der Waals surface area (Å²) >= 11 is 0. The Balaban J connectivity index is 1.90. The van der Waals surface area contributed by atoms with Crippen molar-refractivity contribution in [3.63, 3.8) is 0 Å². The minimum absolute atomic E-state index is 0.0262. The number of nitro benzene ring substituents is 1. The maximum atomic E-state index is 11.7. The van der Waals surface area contributed by atoms with Gasteiger partial charge >= 0.3 is 0 Å². The lowest BCUT2D eigenvalue weighted by Gasteiger charge is -2.01. The molecule has 0 aliphatic heterocycles. The van der Waals surface area contributed by atoms with Gasteiger partial charge < -0.3 is 5.11 Å². The third-order valence-electron chi connectivity index (χ3n) is 2.84. The molecule has 0 bridgehead atoms. The van der Waals surface area contributed by atoms with Crippen LogP contribution in [-0.2, 0) is 11.2 Å². The molecule has 2 rings (SSSR count). The topological polar surface area (TPSA) is 105 Å². The van der Waals surface area contributed by atoms with Crippen molar-refractivity contribution in [3.8, 4) is 5.75 Å². The van der Waals surface area contributed by atoms with Gasteiger partial charge in [-0.05, 0) is 17.7 Å². The van der Waals surface area contributed by atoms with Crippen LogP contribution < -0.4 is 5.43 Å². The largest absolute Gasteiger partial charge is 0.507 e. The quantitative estimate of drug-likeness (QED) is 0.500. The Morgan fingerprint density at radius 1 is 1.23 bits per heavy atom. The Bertz CT molecular complexity index is 711. The highest BCUT2D eigenvalue weighted by atomic mass is 16.6. The van der Waals surface area contributed by atoms with E-state index in [-0.39, 0.29) is 23.8 Å². The molecule has 7 heteroatoms. The normalized spacial score (nSPS) is 10.5. The summed E-state index contributed by atoms with van der Waals surface area (Å²) in [4.78, 5) is 21.7. The van der Waals surface area contributed by atoms with Crippen molar-refractivity contribution in [2.75, 3.05) is 0 Å². The van der Waals surface area contributed by atoms with Crippen LogP contribution in [0.4, 0.5) is 5.69 Å². The van der Waals surface area contributed by atoms with E-state index in [2.05, 4.69) is 10.5 Å². The summed E-state index contributed by atoms with van der Waals surface area (Å²) in [7, 11) is 0. The van der Waals surface area contributed by atoms with E-state index in [0.29, 0.717) is 11.1 Å².